The van der Waals surface area contributed by atoms with Gasteiger partial charge in [0.05, 0.1) is 20.6 Å². The van der Waals surface area contributed by atoms with E-state index in [1.807, 2.05) is 6.07 Å². The van der Waals surface area contributed by atoms with Crippen molar-refractivity contribution in [1.29, 1.82) is 0 Å². The Morgan fingerprint density at radius 3 is 2.67 bits per heavy atom. The second kappa shape index (κ2) is 6.51. The van der Waals surface area contributed by atoms with Crippen LogP contribution in [0, 0.1) is 6.92 Å². The van der Waals surface area contributed by atoms with Crippen LogP contribution in [-0.4, -0.2) is 28.1 Å². The van der Waals surface area contributed by atoms with Crippen molar-refractivity contribution in [2.75, 3.05) is 12.4 Å². The van der Waals surface area contributed by atoms with Crippen molar-refractivity contribution in [3.63, 3.8) is 0 Å². The zero-order valence-corrected chi connectivity index (χ0v) is 13.5. The Balaban J connectivity index is 2.49. The first kappa shape index (κ1) is 15.9. The van der Waals surface area contributed by atoms with Gasteiger partial charge in [0.1, 0.15) is 5.82 Å². The summed E-state index contributed by atoms with van der Waals surface area (Å²) in [6.45, 7) is 1.72. The molecule has 5 nitrogen and oxygen atoms in total. The summed E-state index contributed by atoms with van der Waals surface area (Å²) in [5.41, 5.74) is 0.549. The molecule has 0 atom stereocenters. The van der Waals surface area contributed by atoms with Gasteiger partial charge in [-0.3, -0.25) is 0 Å². The van der Waals surface area contributed by atoms with E-state index in [0.717, 1.165) is 4.90 Å². The Kier molecular flexibility index (Phi) is 4.92. The number of benzene rings is 1. The number of carboxylic acid groups (broad SMARTS) is 1. The molecule has 8 heteroatoms. The molecular formula is C13H11Cl2N3O2S. The summed E-state index contributed by atoms with van der Waals surface area (Å²) in [7, 11) is 1.66. The number of aryl methyl sites for hydroxylation is 1. The molecule has 0 spiro atoms. The van der Waals surface area contributed by atoms with Crippen LogP contribution in [-0.2, 0) is 0 Å². The van der Waals surface area contributed by atoms with Crippen molar-refractivity contribution in [2.24, 2.45) is 0 Å². The molecule has 1 heterocycles. The Morgan fingerprint density at radius 1 is 1.33 bits per heavy atom. The van der Waals surface area contributed by atoms with Crippen molar-refractivity contribution >= 4 is 46.8 Å². The molecule has 0 aliphatic carbocycles. The summed E-state index contributed by atoms with van der Waals surface area (Å²) in [5, 5.41) is 12.8. The number of aromatic carboxylic acids is 1. The van der Waals surface area contributed by atoms with Crippen molar-refractivity contribution < 1.29 is 9.90 Å². The van der Waals surface area contributed by atoms with Crippen molar-refractivity contribution in [1.82, 2.24) is 9.97 Å². The molecule has 2 rings (SSSR count). The maximum Gasteiger partial charge on any atom is 0.374 e. The lowest BCUT2D eigenvalue weighted by atomic mass is 10.4. The topological polar surface area (TPSA) is 75.1 Å². The first-order valence-electron chi connectivity index (χ1n) is 5.85. The van der Waals surface area contributed by atoms with E-state index in [-0.39, 0.29) is 5.82 Å². The Morgan fingerprint density at radius 2 is 2.05 bits per heavy atom. The summed E-state index contributed by atoms with van der Waals surface area (Å²) in [4.78, 5) is 20.4. The molecule has 1 aromatic heterocycles. The maximum atomic E-state index is 11.0. The fourth-order valence-corrected chi connectivity index (χ4v) is 3.10. The standard InChI is InChI=1S/C13H11Cl2N3O2S/c1-6-10(11(16-2)18-12(17-6)13(19)20)21-8-5-3-4-7(14)9(8)15/h3-5H,1-2H3,(H,19,20)(H,16,17,18). The van der Waals surface area contributed by atoms with Crippen molar-refractivity contribution in [2.45, 2.75) is 16.7 Å². The zero-order chi connectivity index (χ0) is 15.6. The van der Waals surface area contributed by atoms with E-state index in [1.165, 1.54) is 11.8 Å². The van der Waals surface area contributed by atoms with Crippen LogP contribution in [0.4, 0.5) is 5.82 Å². The fraction of sp³-hybridized carbons (Fsp3) is 0.154. The lowest BCUT2D eigenvalue weighted by Crippen LogP contribution is -2.09. The van der Waals surface area contributed by atoms with E-state index in [1.54, 1.807) is 26.1 Å². The second-order valence-electron chi connectivity index (χ2n) is 4.02. The molecule has 0 fully saturated rings. The number of anilines is 1. The van der Waals surface area contributed by atoms with Crippen LogP contribution in [0.15, 0.2) is 28.0 Å². The van der Waals surface area contributed by atoms with Gasteiger partial charge >= 0.3 is 5.97 Å². The minimum Gasteiger partial charge on any atom is -0.475 e. The Labute approximate surface area is 135 Å². The van der Waals surface area contributed by atoms with Crippen LogP contribution in [0.25, 0.3) is 0 Å². The molecular weight excluding hydrogens is 333 g/mol. The van der Waals surface area contributed by atoms with E-state index < -0.39 is 5.97 Å². The average Bonchev–Trinajstić information content (AvgIpc) is 2.45. The Hall–Kier alpha value is -1.50. The van der Waals surface area contributed by atoms with Gasteiger partial charge in [0.15, 0.2) is 0 Å². The largest absolute Gasteiger partial charge is 0.475 e. The lowest BCUT2D eigenvalue weighted by molar-refractivity contribution is 0.0683. The normalized spacial score (nSPS) is 10.5. The van der Waals surface area contributed by atoms with Gasteiger partial charge < -0.3 is 10.4 Å². The van der Waals surface area contributed by atoms with Crippen LogP contribution in [0.1, 0.15) is 16.3 Å². The van der Waals surface area contributed by atoms with E-state index in [9.17, 15) is 4.79 Å². The lowest BCUT2D eigenvalue weighted by Gasteiger charge is -2.12. The molecule has 0 bridgehead atoms. The summed E-state index contributed by atoms with van der Waals surface area (Å²) in [6, 6.07) is 5.31. The smallest absolute Gasteiger partial charge is 0.374 e. The predicted molar refractivity (Wildman–Crippen MR) is 83.9 cm³/mol. The van der Waals surface area contributed by atoms with E-state index >= 15 is 0 Å². The molecule has 0 amide bonds. The summed E-state index contributed by atoms with van der Waals surface area (Å²) >= 11 is 13.5. The monoisotopic (exact) mass is 343 g/mol. The van der Waals surface area contributed by atoms with Gasteiger partial charge in [0.2, 0.25) is 5.82 Å². The highest BCUT2D eigenvalue weighted by atomic mass is 35.5. The molecule has 0 aliphatic rings. The number of aromatic nitrogens is 2. The molecule has 2 N–H and O–H groups in total. The molecule has 0 aliphatic heterocycles. The number of carboxylic acids is 1. The molecule has 0 saturated heterocycles. The maximum absolute atomic E-state index is 11.0. The molecule has 0 unspecified atom stereocenters. The summed E-state index contributed by atoms with van der Waals surface area (Å²) in [6.07, 6.45) is 0. The first-order valence-corrected chi connectivity index (χ1v) is 7.42. The SMILES string of the molecule is CNc1nc(C(=O)O)nc(C)c1Sc1cccc(Cl)c1Cl. The molecule has 21 heavy (non-hydrogen) atoms. The third kappa shape index (κ3) is 3.40. The summed E-state index contributed by atoms with van der Waals surface area (Å²) in [5.74, 6) is -0.994. The van der Waals surface area contributed by atoms with Crippen LogP contribution in [0.5, 0.6) is 0 Å². The van der Waals surface area contributed by atoms with Crippen molar-refractivity contribution in [3.05, 3.63) is 39.8 Å². The fourth-order valence-electron chi connectivity index (χ4n) is 1.62. The minimum atomic E-state index is -1.17. The van der Waals surface area contributed by atoms with Gasteiger partial charge in [-0.2, -0.15) is 0 Å². The van der Waals surface area contributed by atoms with Gasteiger partial charge in [0, 0.05) is 11.9 Å². The third-order valence-electron chi connectivity index (χ3n) is 2.59. The molecule has 110 valence electrons. The van der Waals surface area contributed by atoms with Gasteiger partial charge in [0.25, 0.3) is 0 Å². The number of halogens is 2. The number of carbonyl (C=O) groups is 1. The highest BCUT2D eigenvalue weighted by molar-refractivity contribution is 7.99. The first-order chi connectivity index (χ1) is 9.93. The van der Waals surface area contributed by atoms with Crippen LogP contribution < -0.4 is 5.32 Å². The van der Waals surface area contributed by atoms with Crippen LogP contribution >= 0.6 is 35.0 Å². The minimum absolute atomic E-state index is 0.251. The van der Waals surface area contributed by atoms with Crippen molar-refractivity contribution in [3.8, 4) is 0 Å². The highest BCUT2D eigenvalue weighted by Crippen LogP contribution is 2.40. The van der Waals surface area contributed by atoms with Gasteiger partial charge in [-0.15, -0.1) is 0 Å². The van der Waals surface area contributed by atoms with Crippen LogP contribution in [0.3, 0.4) is 0 Å². The van der Waals surface area contributed by atoms with E-state index in [4.69, 9.17) is 28.3 Å². The molecule has 0 radical (unpaired) electrons. The zero-order valence-electron chi connectivity index (χ0n) is 11.1. The average molecular weight is 344 g/mol. The predicted octanol–water partition coefficient (Wildman–Crippen LogP) is 3.98. The quantitative estimate of drug-likeness (QED) is 0.874. The Bertz CT molecular complexity index is 710. The number of rotatable bonds is 4. The van der Waals surface area contributed by atoms with E-state index in [2.05, 4.69) is 15.3 Å². The number of hydrogen-bond acceptors (Lipinski definition) is 5. The molecule has 1 aromatic carbocycles. The third-order valence-corrected chi connectivity index (χ3v) is 4.78. The van der Waals surface area contributed by atoms with Gasteiger partial charge in [-0.1, -0.05) is 41.0 Å². The summed E-state index contributed by atoms with van der Waals surface area (Å²) < 4.78 is 0. The number of nitrogens with one attached hydrogen (secondary N) is 1. The number of hydrogen-bond donors (Lipinski definition) is 2. The second-order valence-corrected chi connectivity index (χ2v) is 5.86. The molecule has 2 aromatic rings. The number of nitrogens with zero attached hydrogens (tertiary/aromatic N) is 2. The molecule has 0 saturated carbocycles. The van der Waals surface area contributed by atoms with Gasteiger partial charge in [-0.05, 0) is 19.1 Å². The highest BCUT2D eigenvalue weighted by Gasteiger charge is 2.17. The van der Waals surface area contributed by atoms with Crippen LogP contribution in [0.2, 0.25) is 10.0 Å². The van der Waals surface area contributed by atoms with E-state index in [0.29, 0.717) is 26.5 Å². The van der Waals surface area contributed by atoms with Gasteiger partial charge in [-0.25, -0.2) is 14.8 Å².